The highest BCUT2D eigenvalue weighted by molar-refractivity contribution is 6.35. The summed E-state index contributed by atoms with van der Waals surface area (Å²) in [5.41, 5.74) is 4.36. The smallest absolute Gasteiger partial charge is 0.107 e. The summed E-state index contributed by atoms with van der Waals surface area (Å²) in [7, 11) is 0. The molecule has 0 spiro atoms. The van der Waals surface area contributed by atoms with Crippen molar-refractivity contribution in [1.82, 2.24) is 19.9 Å². The Morgan fingerprint density at radius 2 is 1.52 bits per heavy atom. The van der Waals surface area contributed by atoms with Gasteiger partial charge in [-0.3, -0.25) is 19.9 Å². The molecule has 0 amide bonds. The lowest BCUT2D eigenvalue weighted by molar-refractivity contribution is 0.917. The molecular formula is C19H14ClN5. The Kier molecular flexibility index (Phi) is 4.23. The van der Waals surface area contributed by atoms with Crippen LogP contribution in [-0.2, 0) is 0 Å². The molecule has 0 saturated carbocycles. The molecule has 0 radical (unpaired) electrons. The summed E-state index contributed by atoms with van der Waals surface area (Å²) in [6, 6.07) is 11.6. The van der Waals surface area contributed by atoms with E-state index in [1.165, 1.54) is 0 Å². The van der Waals surface area contributed by atoms with E-state index in [2.05, 4.69) is 25.3 Å². The van der Waals surface area contributed by atoms with Crippen molar-refractivity contribution >= 4 is 28.3 Å². The molecule has 0 bridgehead atoms. The van der Waals surface area contributed by atoms with Gasteiger partial charge in [0.25, 0.3) is 0 Å². The van der Waals surface area contributed by atoms with Crippen LogP contribution in [0.2, 0.25) is 5.02 Å². The monoisotopic (exact) mass is 347 g/mol. The van der Waals surface area contributed by atoms with Gasteiger partial charge < -0.3 is 5.32 Å². The second kappa shape index (κ2) is 6.83. The van der Waals surface area contributed by atoms with Crippen molar-refractivity contribution in [2.24, 2.45) is 0 Å². The average Bonchev–Trinajstić information content (AvgIpc) is 2.67. The van der Waals surface area contributed by atoms with Crippen molar-refractivity contribution in [1.29, 1.82) is 0 Å². The first-order valence-electron chi connectivity index (χ1n) is 7.78. The molecule has 5 nitrogen and oxygen atoms in total. The van der Waals surface area contributed by atoms with Crippen LogP contribution in [0.25, 0.3) is 11.0 Å². The number of anilines is 1. The van der Waals surface area contributed by atoms with Crippen LogP contribution in [0.5, 0.6) is 0 Å². The van der Waals surface area contributed by atoms with Crippen LogP contribution < -0.4 is 5.32 Å². The number of halogens is 1. The minimum absolute atomic E-state index is 0.104. The zero-order valence-corrected chi connectivity index (χ0v) is 13.9. The second-order valence-electron chi connectivity index (χ2n) is 5.53. The van der Waals surface area contributed by atoms with Gasteiger partial charge in [0.15, 0.2) is 0 Å². The van der Waals surface area contributed by atoms with Crippen LogP contribution in [0, 0.1) is 0 Å². The third kappa shape index (κ3) is 3.27. The lowest BCUT2D eigenvalue weighted by Crippen LogP contribution is -2.13. The molecule has 0 aliphatic heterocycles. The lowest BCUT2D eigenvalue weighted by Gasteiger charge is -2.20. The summed E-state index contributed by atoms with van der Waals surface area (Å²) in [5.74, 6) is 0. The van der Waals surface area contributed by atoms with Crippen LogP contribution in [-0.4, -0.2) is 19.9 Å². The van der Waals surface area contributed by atoms with E-state index < -0.39 is 0 Å². The van der Waals surface area contributed by atoms with Gasteiger partial charge in [-0.15, -0.1) is 0 Å². The molecule has 0 atom stereocenters. The Bertz CT molecular complexity index is 953. The van der Waals surface area contributed by atoms with E-state index in [1.807, 2.05) is 48.8 Å². The fourth-order valence-electron chi connectivity index (χ4n) is 2.73. The maximum absolute atomic E-state index is 6.37. The number of hydrogen-bond acceptors (Lipinski definition) is 5. The molecule has 0 unspecified atom stereocenters. The van der Waals surface area contributed by atoms with Gasteiger partial charge in [-0.25, -0.2) is 0 Å². The topological polar surface area (TPSA) is 63.6 Å². The zero-order valence-electron chi connectivity index (χ0n) is 13.2. The van der Waals surface area contributed by atoms with Crippen LogP contribution in [0.4, 0.5) is 5.69 Å². The van der Waals surface area contributed by atoms with Crippen molar-refractivity contribution in [2.75, 3.05) is 5.32 Å². The maximum atomic E-state index is 6.37. The molecule has 1 N–H and O–H groups in total. The Balaban J connectivity index is 1.77. The molecule has 6 heteroatoms. The molecule has 4 rings (SSSR count). The Labute approximate surface area is 149 Å². The summed E-state index contributed by atoms with van der Waals surface area (Å²) >= 11 is 6.37. The van der Waals surface area contributed by atoms with Gasteiger partial charge in [0.2, 0.25) is 0 Å². The van der Waals surface area contributed by atoms with Gasteiger partial charge in [-0.05, 0) is 35.4 Å². The van der Waals surface area contributed by atoms with E-state index in [0.717, 1.165) is 22.3 Å². The number of nitrogens with zero attached hydrogens (tertiary/aromatic N) is 4. The van der Waals surface area contributed by atoms with Gasteiger partial charge in [0.05, 0.1) is 16.6 Å². The molecule has 3 heterocycles. The van der Waals surface area contributed by atoms with Crippen molar-refractivity contribution < 1.29 is 0 Å². The van der Waals surface area contributed by atoms with Crippen LogP contribution in [0.1, 0.15) is 17.2 Å². The van der Waals surface area contributed by atoms with E-state index in [0.29, 0.717) is 10.5 Å². The number of aromatic nitrogens is 4. The summed E-state index contributed by atoms with van der Waals surface area (Å²) in [4.78, 5) is 17.1. The Morgan fingerprint density at radius 1 is 0.840 bits per heavy atom. The summed E-state index contributed by atoms with van der Waals surface area (Å²) in [6.07, 6.45) is 10.5. The second-order valence-corrected chi connectivity index (χ2v) is 5.94. The fraction of sp³-hybridized carbons (Fsp3) is 0.0526. The molecular weight excluding hydrogens is 334 g/mol. The third-order valence-corrected chi connectivity index (χ3v) is 4.16. The molecule has 0 aliphatic carbocycles. The first-order valence-corrected chi connectivity index (χ1v) is 8.16. The van der Waals surface area contributed by atoms with Crippen molar-refractivity contribution in [2.45, 2.75) is 6.04 Å². The highest BCUT2D eigenvalue weighted by Gasteiger charge is 2.15. The highest BCUT2D eigenvalue weighted by Crippen LogP contribution is 2.30. The minimum atomic E-state index is -0.104. The van der Waals surface area contributed by atoms with Crippen molar-refractivity contribution in [3.8, 4) is 0 Å². The number of hydrogen-bond donors (Lipinski definition) is 1. The van der Waals surface area contributed by atoms with Gasteiger partial charge >= 0.3 is 0 Å². The van der Waals surface area contributed by atoms with E-state index >= 15 is 0 Å². The van der Waals surface area contributed by atoms with E-state index in [1.54, 1.807) is 24.8 Å². The first kappa shape index (κ1) is 15.5. The molecule has 4 aromatic rings. The summed E-state index contributed by atoms with van der Waals surface area (Å²) in [6.45, 7) is 0. The van der Waals surface area contributed by atoms with Crippen LogP contribution >= 0.6 is 11.6 Å². The number of rotatable bonds is 4. The minimum Gasteiger partial charge on any atom is -0.374 e. The zero-order chi connectivity index (χ0) is 17.1. The van der Waals surface area contributed by atoms with Crippen LogP contribution in [0.3, 0.4) is 0 Å². The quantitative estimate of drug-likeness (QED) is 0.597. The van der Waals surface area contributed by atoms with Gasteiger partial charge in [-0.2, -0.15) is 0 Å². The molecule has 0 saturated heterocycles. The van der Waals surface area contributed by atoms with E-state index in [9.17, 15) is 0 Å². The molecule has 0 fully saturated rings. The first-order chi connectivity index (χ1) is 12.3. The van der Waals surface area contributed by atoms with Gasteiger partial charge in [0.1, 0.15) is 5.52 Å². The summed E-state index contributed by atoms with van der Waals surface area (Å²) < 4.78 is 0. The van der Waals surface area contributed by atoms with Crippen molar-refractivity contribution in [3.63, 3.8) is 0 Å². The summed E-state index contributed by atoms with van der Waals surface area (Å²) in [5, 5.41) is 4.07. The normalized spacial score (nSPS) is 11.0. The Morgan fingerprint density at radius 3 is 2.16 bits per heavy atom. The molecule has 3 aromatic heterocycles. The largest absolute Gasteiger partial charge is 0.374 e. The van der Waals surface area contributed by atoms with E-state index in [-0.39, 0.29) is 6.04 Å². The molecule has 122 valence electrons. The predicted octanol–water partition coefficient (Wildman–Crippen LogP) is 4.27. The number of nitrogens with one attached hydrogen (secondary N) is 1. The van der Waals surface area contributed by atoms with Crippen LogP contribution in [0.15, 0.2) is 73.6 Å². The van der Waals surface area contributed by atoms with Gasteiger partial charge in [-0.1, -0.05) is 23.7 Å². The van der Waals surface area contributed by atoms with E-state index in [4.69, 9.17) is 11.6 Å². The SMILES string of the molecule is Clc1cc(NC(c2cccnc2)c2cccnc2)cc2nccnc12. The number of benzene rings is 1. The standard InChI is InChI=1S/C19H14ClN5/c20-16-9-15(10-17-19(16)24-8-7-23-17)25-18(13-3-1-5-21-11-13)14-4-2-6-22-12-14/h1-12,18,25H. The number of pyridine rings is 2. The van der Waals surface area contributed by atoms with Crippen molar-refractivity contribution in [3.05, 3.63) is 89.7 Å². The highest BCUT2D eigenvalue weighted by atomic mass is 35.5. The lowest BCUT2D eigenvalue weighted by atomic mass is 10.0. The molecule has 25 heavy (non-hydrogen) atoms. The molecule has 0 aliphatic rings. The average molecular weight is 348 g/mol. The predicted molar refractivity (Wildman–Crippen MR) is 98.5 cm³/mol. The fourth-order valence-corrected chi connectivity index (χ4v) is 3.00. The van der Waals surface area contributed by atoms with Gasteiger partial charge in [0, 0.05) is 42.9 Å². The molecule has 1 aromatic carbocycles. The Hall–Kier alpha value is -3.05. The maximum Gasteiger partial charge on any atom is 0.107 e. The third-order valence-electron chi connectivity index (χ3n) is 3.87. The number of fused-ring (bicyclic) bond motifs is 1.